The van der Waals surface area contributed by atoms with Gasteiger partial charge >= 0.3 is 0 Å². The first kappa shape index (κ1) is 12.8. The Labute approximate surface area is 117 Å². The molecule has 5 heteroatoms. The van der Waals surface area contributed by atoms with Crippen molar-refractivity contribution in [1.29, 1.82) is 0 Å². The largest absolute Gasteiger partial charge is 0.506 e. The van der Waals surface area contributed by atoms with Gasteiger partial charge in [0.1, 0.15) is 5.75 Å². The van der Waals surface area contributed by atoms with E-state index in [2.05, 4.69) is 4.90 Å². The number of amides is 1. The molecule has 102 valence electrons. The Morgan fingerprint density at radius 2 is 2.21 bits per heavy atom. The number of rotatable bonds is 2. The molecular formula is C14H17ClN2O2. The lowest BCUT2D eigenvalue weighted by molar-refractivity contribution is -0.133. The molecule has 2 heterocycles. The van der Waals surface area contributed by atoms with Crippen LogP contribution in [-0.4, -0.2) is 53.0 Å². The van der Waals surface area contributed by atoms with E-state index in [1.165, 1.54) is 0 Å². The minimum Gasteiger partial charge on any atom is -0.506 e. The van der Waals surface area contributed by atoms with Gasteiger partial charge in [-0.15, -0.1) is 0 Å². The van der Waals surface area contributed by atoms with Crippen LogP contribution < -0.4 is 0 Å². The molecule has 0 radical (unpaired) electrons. The maximum atomic E-state index is 12.4. The van der Waals surface area contributed by atoms with Gasteiger partial charge in [-0.1, -0.05) is 17.7 Å². The summed E-state index contributed by atoms with van der Waals surface area (Å²) >= 11 is 5.86. The first-order valence-electron chi connectivity index (χ1n) is 6.63. The van der Waals surface area contributed by atoms with Crippen molar-refractivity contribution in [3.05, 3.63) is 28.8 Å². The van der Waals surface area contributed by atoms with Crippen LogP contribution in [0.4, 0.5) is 0 Å². The van der Waals surface area contributed by atoms with E-state index in [-0.39, 0.29) is 11.7 Å². The lowest BCUT2D eigenvalue weighted by Gasteiger charge is -2.34. The Morgan fingerprint density at radius 1 is 1.37 bits per heavy atom. The van der Waals surface area contributed by atoms with Gasteiger partial charge in [0.15, 0.2) is 0 Å². The molecule has 4 nitrogen and oxygen atoms in total. The first-order chi connectivity index (χ1) is 9.13. The Kier molecular flexibility index (Phi) is 3.37. The van der Waals surface area contributed by atoms with Gasteiger partial charge in [-0.05, 0) is 24.1 Å². The van der Waals surface area contributed by atoms with Crippen molar-refractivity contribution in [2.75, 3.05) is 26.2 Å². The predicted molar refractivity (Wildman–Crippen MR) is 73.4 cm³/mol. The normalized spacial score (nSPS) is 25.6. The lowest BCUT2D eigenvalue weighted by atomic mass is 10.1. The molecule has 1 aromatic carbocycles. The zero-order chi connectivity index (χ0) is 13.4. The minimum atomic E-state index is 0.0577. The quantitative estimate of drug-likeness (QED) is 0.893. The molecule has 2 aliphatic rings. The van der Waals surface area contributed by atoms with Gasteiger partial charge < -0.3 is 10.0 Å². The first-order valence-corrected chi connectivity index (χ1v) is 7.00. The highest BCUT2D eigenvalue weighted by molar-refractivity contribution is 6.32. The molecule has 0 aromatic heterocycles. The lowest BCUT2D eigenvalue weighted by Crippen LogP contribution is -2.50. The summed E-state index contributed by atoms with van der Waals surface area (Å²) in [6.07, 6.45) is 1.44. The Morgan fingerprint density at radius 3 is 3.00 bits per heavy atom. The maximum absolute atomic E-state index is 12.4. The van der Waals surface area contributed by atoms with E-state index in [1.54, 1.807) is 18.2 Å². The van der Waals surface area contributed by atoms with E-state index in [4.69, 9.17) is 11.6 Å². The van der Waals surface area contributed by atoms with Crippen molar-refractivity contribution in [2.45, 2.75) is 18.9 Å². The van der Waals surface area contributed by atoms with Crippen molar-refractivity contribution < 1.29 is 9.90 Å². The van der Waals surface area contributed by atoms with Crippen molar-refractivity contribution >= 4 is 17.5 Å². The van der Waals surface area contributed by atoms with Crippen LogP contribution in [0.3, 0.4) is 0 Å². The standard InChI is InChI=1S/C14H17ClN2O2/c15-12-7-10(1-2-13(12)18)8-14(19)17-6-5-16-4-3-11(17)9-16/h1-2,7,11,18H,3-6,8-9H2. The second kappa shape index (κ2) is 5.02. The number of benzene rings is 1. The molecule has 2 unspecified atom stereocenters. The fraction of sp³-hybridized carbons (Fsp3) is 0.500. The summed E-state index contributed by atoms with van der Waals surface area (Å²) in [5.41, 5.74) is 0.855. The van der Waals surface area contributed by atoms with Crippen LogP contribution in [0.15, 0.2) is 18.2 Å². The highest BCUT2D eigenvalue weighted by atomic mass is 35.5. The van der Waals surface area contributed by atoms with Crippen LogP contribution in [0.2, 0.25) is 5.02 Å². The third-order valence-electron chi connectivity index (χ3n) is 4.03. The average molecular weight is 281 g/mol. The Hall–Kier alpha value is -1.26. The Balaban J connectivity index is 1.69. The molecule has 2 aliphatic heterocycles. The number of hydrogen-bond acceptors (Lipinski definition) is 3. The third-order valence-corrected chi connectivity index (χ3v) is 4.34. The molecule has 2 fully saturated rings. The number of phenols is 1. The molecule has 2 atom stereocenters. The maximum Gasteiger partial charge on any atom is 0.227 e. The van der Waals surface area contributed by atoms with Crippen LogP contribution in [0.1, 0.15) is 12.0 Å². The third kappa shape index (κ3) is 2.55. The van der Waals surface area contributed by atoms with Crippen molar-refractivity contribution in [3.8, 4) is 5.75 Å². The van der Waals surface area contributed by atoms with Crippen molar-refractivity contribution in [3.63, 3.8) is 0 Å². The second-order valence-corrected chi connectivity index (χ2v) is 5.70. The smallest absolute Gasteiger partial charge is 0.227 e. The molecule has 2 saturated heterocycles. The summed E-state index contributed by atoms with van der Waals surface area (Å²) < 4.78 is 0. The molecular weight excluding hydrogens is 264 g/mol. The molecule has 1 amide bonds. The van der Waals surface area contributed by atoms with E-state index in [1.807, 2.05) is 4.90 Å². The second-order valence-electron chi connectivity index (χ2n) is 5.29. The van der Waals surface area contributed by atoms with Gasteiger partial charge in [0, 0.05) is 32.2 Å². The van der Waals surface area contributed by atoms with Crippen LogP contribution >= 0.6 is 11.6 Å². The van der Waals surface area contributed by atoms with E-state index in [9.17, 15) is 9.90 Å². The fourth-order valence-electron chi connectivity index (χ4n) is 2.97. The number of fused-ring (bicyclic) bond motifs is 2. The van der Waals surface area contributed by atoms with E-state index >= 15 is 0 Å². The highest BCUT2D eigenvalue weighted by Gasteiger charge is 2.34. The van der Waals surface area contributed by atoms with Crippen LogP contribution in [0, 0.1) is 0 Å². The molecule has 2 bridgehead atoms. The van der Waals surface area contributed by atoms with E-state index < -0.39 is 0 Å². The molecule has 1 aromatic rings. The number of hydrogen-bond donors (Lipinski definition) is 1. The van der Waals surface area contributed by atoms with Gasteiger partial charge in [-0.2, -0.15) is 0 Å². The summed E-state index contributed by atoms with van der Waals surface area (Å²) in [5, 5.41) is 9.68. The predicted octanol–water partition coefficient (Wildman–Crippen LogP) is 1.50. The van der Waals surface area contributed by atoms with Gasteiger partial charge in [-0.3, -0.25) is 9.69 Å². The van der Waals surface area contributed by atoms with E-state index in [0.717, 1.165) is 38.2 Å². The van der Waals surface area contributed by atoms with Crippen LogP contribution in [0.25, 0.3) is 0 Å². The van der Waals surface area contributed by atoms with Gasteiger partial charge in [-0.25, -0.2) is 0 Å². The zero-order valence-corrected chi connectivity index (χ0v) is 11.4. The van der Waals surface area contributed by atoms with Crippen LogP contribution in [0.5, 0.6) is 5.75 Å². The van der Waals surface area contributed by atoms with Crippen molar-refractivity contribution in [1.82, 2.24) is 9.80 Å². The van der Waals surface area contributed by atoms with Crippen LogP contribution in [-0.2, 0) is 11.2 Å². The fourth-order valence-corrected chi connectivity index (χ4v) is 3.17. The topological polar surface area (TPSA) is 43.8 Å². The molecule has 19 heavy (non-hydrogen) atoms. The molecule has 1 N–H and O–H groups in total. The number of carbonyl (C=O) groups is 1. The highest BCUT2D eigenvalue weighted by Crippen LogP contribution is 2.25. The number of halogens is 1. The summed E-state index contributed by atoms with van der Waals surface area (Å²) in [6.45, 7) is 3.94. The van der Waals surface area contributed by atoms with Crippen molar-refractivity contribution in [2.24, 2.45) is 0 Å². The molecule has 0 aliphatic carbocycles. The molecule has 0 spiro atoms. The summed E-state index contributed by atoms with van der Waals surface area (Å²) in [5.74, 6) is 0.218. The van der Waals surface area contributed by atoms with Gasteiger partial charge in [0.05, 0.1) is 11.4 Å². The summed E-state index contributed by atoms with van der Waals surface area (Å²) in [4.78, 5) is 16.8. The monoisotopic (exact) mass is 280 g/mol. The SMILES string of the molecule is O=C(Cc1ccc(O)c(Cl)c1)N1CCN2CCC1C2. The molecule has 3 rings (SSSR count). The van der Waals surface area contributed by atoms with Gasteiger partial charge in [0.25, 0.3) is 0 Å². The van der Waals surface area contributed by atoms with Gasteiger partial charge in [0.2, 0.25) is 5.91 Å². The average Bonchev–Trinajstić information content (AvgIpc) is 2.75. The number of carbonyl (C=O) groups excluding carboxylic acids is 1. The molecule has 0 saturated carbocycles. The number of nitrogens with zero attached hydrogens (tertiary/aromatic N) is 2. The minimum absolute atomic E-state index is 0.0577. The zero-order valence-electron chi connectivity index (χ0n) is 10.7. The number of phenolic OH excluding ortho intramolecular Hbond substituents is 1. The summed E-state index contributed by atoms with van der Waals surface area (Å²) in [6, 6.07) is 5.34. The number of piperazine rings is 1. The van der Waals surface area contributed by atoms with E-state index in [0.29, 0.717) is 17.5 Å². The number of aromatic hydroxyl groups is 1. The Bertz CT molecular complexity index is 506. The summed E-state index contributed by atoms with van der Waals surface area (Å²) in [7, 11) is 0.